The molecular weight excluding hydrogens is 400 g/mol. The molecule has 0 bridgehead atoms. The van der Waals surface area contributed by atoms with Crippen LogP contribution in [0.3, 0.4) is 0 Å². The van der Waals surface area contributed by atoms with Crippen molar-refractivity contribution in [3.05, 3.63) is 112 Å². The molecule has 0 aliphatic heterocycles. The largest absolute Gasteiger partial charge is 0.162 e. The van der Waals surface area contributed by atoms with Gasteiger partial charge in [-0.05, 0) is 69.6 Å². The highest BCUT2D eigenvalue weighted by Gasteiger charge is 2.57. The van der Waals surface area contributed by atoms with Gasteiger partial charge in [-0.3, -0.25) is 0 Å². The summed E-state index contributed by atoms with van der Waals surface area (Å²) in [4.78, 5) is 0. The number of benzene rings is 3. The second-order valence-electron chi connectivity index (χ2n) is 10.0. The average Bonchev–Trinajstić information content (AvgIpc) is 2.94. The zero-order valence-corrected chi connectivity index (χ0v) is 21.9. The summed E-state index contributed by atoms with van der Waals surface area (Å²) < 4.78 is 0. The Labute approximate surface area is 195 Å². The summed E-state index contributed by atoms with van der Waals surface area (Å²) in [5, 5.41) is 4.51. The fourth-order valence-electron chi connectivity index (χ4n) is 6.32. The fourth-order valence-corrected chi connectivity index (χ4v) is 13.1. The molecule has 1 aliphatic carbocycles. The Morgan fingerprint density at radius 3 is 1.69 bits per heavy atom. The van der Waals surface area contributed by atoms with E-state index in [0.29, 0.717) is 0 Å². The van der Waals surface area contributed by atoms with Crippen LogP contribution in [0.2, 0.25) is 5.04 Å². The van der Waals surface area contributed by atoms with Crippen molar-refractivity contribution in [3.8, 4) is 0 Å². The van der Waals surface area contributed by atoms with Crippen molar-refractivity contribution in [2.75, 3.05) is 0 Å². The lowest BCUT2D eigenvalue weighted by atomic mass is 10.0. The summed E-state index contributed by atoms with van der Waals surface area (Å²) >= 11 is 0. The Morgan fingerprint density at radius 1 is 0.625 bits per heavy atom. The van der Waals surface area contributed by atoms with Gasteiger partial charge in [-0.25, -0.2) is 0 Å². The Hall–Kier alpha value is -2.64. The molecule has 2 atom stereocenters. The monoisotopic (exact) mass is 436 g/mol. The van der Waals surface area contributed by atoms with Gasteiger partial charge >= 0.3 is 0 Å². The summed E-state index contributed by atoms with van der Waals surface area (Å²) in [5.41, 5.74) is 9.91. The van der Waals surface area contributed by atoms with Gasteiger partial charge < -0.3 is 0 Å². The first-order valence-corrected chi connectivity index (χ1v) is 13.7. The maximum Gasteiger partial charge on any atom is 0.162 e. The summed E-state index contributed by atoms with van der Waals surface area (Å²) in [6, 6.07) is 25.5. The van der Waals surface area contributed by atoms with Crippen LogP contribution in [0, 0.1) is 27.7 Å². The number of allylic oxidation sites excluding steroid dienone is 4. The molecule has 0 fully saturated rings. The highest BCUT2D eigenvalue weighted by Crippen LogP contribution is 2.53. The number of aryl methyl sites for hydroxylation is 4. The van der Waals surface area contributed by atoms with Crippen LogP contribution in [0.4, 0.5) is 0 Å². The molecule has 0 amide bonds. The van der Waals surface area contributed by atoms with E-state index in [1.165, 1.54) is 49.3 Å². The third-order valence-electron chi connectivity index (χ3n) is 7.93. The molecule has 0 saturated heterocycles. The number of hydrogen-bond donors (Lipinski definition) is 0. The van der Waals surface area contributed by atoms with E-state index in [2.05, 4.69) is 128 Å². The van der Waals surface area contributed by atoms with Gasteiger partial charge in [-0.15, -0.1) is 0 Å². The van der Waals surface area contributed by atoms with Crippen LogP contribution in [-0.4, -0.2) is 8.07 Å². The van der Waals surface area contributed by atoms with Gasteiger partial charge in [0.1, 0.15) is 0 Å². The molecule has 2 unspecified atom stereocenters. The molecule has 1 aliphatic rings. The normalized spacial score (nSPS) is 20.3. The first-order valence-electron chi connectivity index (χ1n) is 11.7. The molecule has 32 heavy (non-hydrogen) atoms. The van der Waals surface area contributed by atoms with E-state index in [4.69, 9.17) is 0 Å². The lowest BCUT2D eigenvalue weighted by Gasteiger charge is -2.48. The highest BCUT2D eigenvalue weighted by atomic mass is 28.3. The zero-order chi connectivity index (χ0) is 23.3. The van der Waals surface area contributed by atoms with E-state index in [1.54, 1.807) is 5.19 Å². The molecule has 0 radical (unpaired) electrons. The SMILES string of the molecule is CC1=CC(C)([Si](c2ccccc2)(c2cc(C)cc(C)c2)c2c(C)cccc2C)C(C)=C1C. The maximum absolute atomic E-state index is 2.60. The van der Waals surface area contributed by atoms with E-state index in [-0.39, 0.29) is 5.04 Å². The number of hydrogen-bond acceptors (Lipinski definition) is 0. The van der Waals surface area contributed by atoms with E-state index < -0.39 is 8.07 Å². The Balaban J connectivity index is 2.30. The topological polar surface area (TPSA) is 0 Å². The van der Waals surface area contributed by atoms with Gasteiger partial charge in [0.05, 0.1) is 0 Å². The Kier molecular flexibility index (Phi) is 5.67. The molecule has 0 aromatic heterocycles. The van der Waals surface area contributed by atoms with E-state index in [9.17, 15) is 0 Å². The van der Waals surface area contributed by atoms with Crippen molar-refractivity contribution in [1.82, 2.24) is 0 Å². The molecule has 164 valence electrons. The van der Waals surface area contributed by atoms with Crippen LogP contribution in [0.5, 0.6) is 0 Å². The van der Waals surface area contributed by atoms with Crippen molar-refractivity contribution in [2.45, 2.75) is 60.4 Å². The first kappa shape index (κ1) is 22.5. The summed E-state index contributed by atoms with van der Waals surface area (Å²) in [6.45, 7) is 18.6. The predicted octanol–water partition coefficient (Wildman–Crippen LogP) is 6.45. The van der Waals surface area contributed by atoms with E-state index in [0.717, 1.165) is 0 Å². The van der Waals surface area contributed by atoms with Crippen molar-refractivity contribution in [2.24, 2.45) is 0 Å². The minimum atomic E-state index is -2.55. The van der Waals surface area contributed by atoms with Crippen LogP contribution < -0.4 is 15.6 Å². The predicted molar refractivity (Wildman–Crippen MR) is 143 cm³/mol. The van der Waals surface area contributed by atoms with Gasteiger partial charge in [-0.1, -0.05) is 113 Å². The summed E-state index contributed by atoms with van der Waals surface area (Å²) in [6.07, 6.45) is 2.60. The van der Waals surface area contributed by atoms with E-state index in [1.807, 2.05) is 0 Å². The van der Waals surface area contributed by atoms with Crippen molar-refractivity contribution >= 4 is 23.6 Å². The maximum atomic E-state index is 2.60. The van der Waals surface area contributed by atoms with Crippen molar-refractivity contribution in [1.29, 1.82) is 0 Å². The van der Waals surface area contributed by atoms with Crippen molar-refractivity contribution in [3.63, 3.8) is 0 Å². The molecule has 4 rings (SSSR count). The van der Waals surface area contributed by atoms with Gasteiger partial charge in [0.2, 0.25) is 0 Å². The highest BCUT2D eigenvalue weighted by molar-refractivity contribution is 7.14. The Bertz CT molecular complexity index is 1200. The molecular formula is C31H36Si. The van der Waals surface area contributed by atoms with E-state index >= 15 is 0 Å². The van der Waals surface area contributed by atoms with Gasteiger partial charge in [0.15, 0.2) is 8.07 Å². The van der Waals surface area contributed by atoms with Crippen LogP contribution in [0.25, 0.3) is 0 Å². The smallest absolute Gasteiger partial charge is 0.0730 e. The zero-order valence-electron chi connectivity index (χ0n) is 20.9. The standard InChI is InChI=1S/C31H36Si/c1-21-17-22(2)19-29(18-21)32(28-15-10-9-11-16-28,30-23(3)13-12-14-24(30)4)31(8)20-25(5)26(6)27(31)7/h9-20H,1-8H3. The second-order valence-corrected chi connectivity index (χ2v) is 14.2. The number of rotatable bonds is 4. The van der Waals surface area contributed by atoms with Gasteiger partial charge in [-0.2, -0.15) is 0 Å². The second kappa shape index (κ2) is 8.05. The molecule has 0 N–H and O–H groups in total. The molecule has 3 aromatic carbocycles. The van der Waals surface area contributed by atoms with Crippen LogP contribution in [0.1, 0.15) is 49.9 Å². The van der Waals surface area contributed by atoms with Crippen LogP contribution >= 0.6 is 0 Å². The van der Waals surface area contributed by atoms with Gasteiger partial charge in [0, 0.05) is 5.04 Å². The molecule has 0 nitrogen and oxygen atoms in total. The summed E-state index contributed by atoms with van der Waals surface area (Å²) in [7, 11) is -2.55. The quantitative estimate of drug-likeness (QED) is 0.326. The summed E-state index contributed by atoms with van der Waals surface area (Å²) in [5.74, 6) is 0. The average molecular weight is 437 g/mol. The molecule has 3 aromatic rings. The Morgan fingerprint density at radius 2 is 1.19 bits per heavy atom. The minimum Gasteiger partial charge on any atom is -0.0730 e. The third-order valence-corrected chi connectivity index (χ3v) is 13.9. The first-order chi connectivity index (χ1) is 15.1. The third kappa shape index (κ3) is 3.18. The lowest BCUT2D eigenvalue weighted by molar-refractivity contribution is 0.869. The minimum absolute atomic E-state index is 0.0559. The molecule has 0 saturated carbocycles. The van der Waals surface area contributed by atoms with Crippen molar-refractivity contribution < 1.29 is 0 Å². The molecule has 0 heterocycles. The molecule has 1 heteroatoms. The van der Waals surface area contributed by atoms with Crippen LogP contribution in [-0.2, 0) is 0 Å². The molecule has 0 spiro atoms. The fraction of sp³-hybridized carbons (Fsp3) is 0.290. The van der Waals surface area contributed by atoms with Gasteiger partial charge in [0.25, 0.3) is 0 Å². The van der Waals surface area contributed by atoms with Crippen LogP contribution in [0.15, 0.2) is 89.5 Å². The lowest BCUT2D eigenvalue weighted by Crippen LogP contribution is -2.74.